The lowest BCUT2D eigenvalue weighted by molar-refractivity contribution is 0.0272. The Hall–Kier alpha value is -0.510. The second-order valence-corrected chi connectivity index (χ2v) is 7.97. The second-order valence-electron chi connectivity index (χ2n) is 4.91. The van der Waals surface area contributed by atoms with Gasteiger partial charge < -0.3 is 10.1 Å². The molecule has 2 rings (SSSR count). The minimum atomic E-state index is -3.46. The molecule has 1 fully saturated rings. The molecule has 8 heteroatoms. The Morgan fingerprint density at radius 1 is 1.29 bits per heavy atom. The normalized spacial score (nSPS) is 17.2. The molecule has 0 atom stereocenters. The number of hydrazine groups is 1. The topological polar surface area (TPSA) is 70.7 Å². The van der Waals surface area contributed by atoms with Crippen LogP contribution in [-0.4, -0.2) is 52.8 Å². The molecule has 0 bridgehead atoms. The number of rotatable bonds is 8. The summed E-state index contributed by atoms with van der Waals surface area (Å²) in [4.78, 5) is 3.71. The van der Waals surface area contributed by atoms with E-state index in [1.807, 2.05) is 6.07 Å². The largest absolute Gasteiger partial charge is 0.379 e. The first-order valence-corrected chi connectivity index (χ1v) is 9.56. The first-order valence-electron chi connectivity index (χ1n) is 7.26. The van der Waals surface area contributed by atoms with Crippen molar-refractivity contribution in [2.75, 3.05) is 39.4 Å². The molecule has 0 unspecified atom stereocenters. The van der Waals surface area contributed by atoms with Crippen LogP contribution in [0, 0.1) is 0 Å². The third kappa shape index (κ3) is 5.32. The highest BCUT2D eigenvalue weighted by Crippen LogP contribution is 2.22. The Balaban J connectivity index is 1.89. The van der Waals surface area contributed by atoms with Crippen molar-refractivity contribution in [3.8, 4) is 0 Å². The summed E-state index contributed by atoms with van der Waals surface area (Å²) in [6, 6.07) is 3.58. The summed E-state index contributed by atoms with van der Waals surface area (Å²) in [5.74, 6) is 0. The number of thiophene rings is 1. The predicted octanol–water partition coefficient (Wildman–Crippen LogP) is 0.816. The van der Waals surface area contributed by atoms with Crippen LogP contribution in [0.5, 0.6) is 0 Å². The second kappa shape index (κ2) is 8.21. The van der Waals surface area contributed by atoms with Crippen LogP contribution in [0.15, 0.2) is 16.3 Å². The number of hydrogen-bond donors (Lipinski definition) is 2. The van der Waals surface area contributed by atoms with E-state index in [-0.39, 0.29) is 0 Å². The highest BCUT2D eigenvalue weighted by molar-refractivity contribution is 7.91. The zero-order valence-corrected chi connectivity index (χ0v) is 13.9. The van der Waals surface area contributed by atoms with Crippen molar-refractivity contribution in [2.24, 2.45) is 0 Å². The van der Waals surface area contributed by atoms with Crippen molar-refractivity contribution in [1.82, 2.24) is 15.2 Å². The Morgan fingerprint density at radius 3 is 2.76 bits per heavy atom. The highest BCUT2D eigenvalue weighted by Gasteiger charge is 2.21. The molecule has 0 aromatic carbocycles. The monoisotopic (exact) mass is 333 g/mol. The third-order valence-electron chi connectivity index (χ3n) is 3.14. The molecule has 120 valence electrons. The minimum Gasteiger partial charge on any atom is -0.379 e. The zero-order valence-electron chi connectivity index (χ0n) is 12.3. The molecule has 2 N–H and O–H groups in total. The van der Waals surface area contributed by atoms with E-state index in [4.69, 9.17) is 4.74 Å². The summed E-state index contributed by atoms with van der Waals surface area (Å²) < 4.78 is 30.2. The van der Waals surface area contributed by atoms with Crippen molar-refractivity contribution >= 4 is 21.4 Å². The van der Waals surface area contributed by atoms with Gasteiger partial charge in [0, 0.05) is 18.0 Å². The summed E-state index contributed by atoms with van der Waals surface area (Å²) in [7, 11) is -3.46. The lowest BCUT2D eigenvalue weighted by atomic mass is 10.3. The molecule has 0 saturated carbocycles. The van der Waals surface area contributed by atoms with Gasteiger partial charge in [-0.15, -0.1) is 16.2 Å². The van der Waals surface area contributed by atoms with Crippen LogP contribution in [0.25, 0.3) is 0 Å². The molecule has 0 spiro atoms. The molecule has 21 heavy (non-hydrogen) atoms. The average molecular weight is 333 g/mol. The van der Waals surface area contributed by atoms with Crippen LogP contribution in [0.4, 0.5) is 0 Å². The maximum Gasteiger partial charge on any atom is 0.262 e. The van der Waals surface area contributed by atoms with Crippen molar-refractivity contribution < 1.29 is 13.2 Å². The van der Waals surface area contributed by atoms with Gasteiger partial charge in [0.25, 0.3) is 10.0 Å². The predicted molar refractivity (Wildman–Crippen MR) is 83.9 cm³/mol. The van der Waals surface area contributed by atoms with E-state index in [0.29, 0.717) is 30.5 Å². The zero-order chi connectivity index (χ0) is 15.1. The van der Waals surface area contributed by atoms with E-state index in [9.17, 15) is 8.42 Å². The lowest BCUT2D eigenvalue weighted by Crippen LogP contribution is -2.48. The fourth-order valence-corrected chi connectivity index (χ4v) is 4.49. The molecule has 1 aromatic rings. The van der Waals surface area contributed by atoms with Crippen LogP contribution in [0.1, 0.15) is 18.2 Å². The number of morpholine rings is 1. The summed E-state index contributed by atoms with van der Waals surface area (Å²) in [6.45, 7) is 6.28. The number of hydrogen-bond acceptors (Lipinski definition) is 6. The lowest BCUT2D eigenvalue weighted by Gasteiger charge is -2.26. The molecule has 2 heterocycles. The van der Waals surface area contributed by atoms with Crippen LogP contribution in [0.2, 0.25) is 0 Å². The van der Waals surface area contributed by atoms with Crippen LogP contribution < -0.4 is 10.1 Å². The van der Waals surface area contributed by atoms with Gasteiger partial charge in [-0.1, -0.05) is 6.92 Å². The number of sulfonamides is 1. The van der Waals surface area contributed by atoms with Crippen molar-refractivity contribution in [2.45, 2.75) is 24.0 Å². The maximum atomic E-state index is 12.3. The molecular weight excluding hydrogens is 310 g/mol. The Morgan fingerprint density at radius 2 is 2.05 bits per heavy atom. The number of ether oxygens (including phenoxy) is 1. The summed E-state index contributed by atoms with van der Waals surface area (Å²) in [6.07, 6.45) is 1.96. The quantitative estimate of drug-likeness (QED) is 0.689. The van der Waals surface area contributed by atoms with E-state index in [1.54, 1.807) is 11.1 Å². The van der Waals surface area contributed by atoms with E-state index in [2.05, 4.69) is 17.1 Å². The molecule has 1 aromatic heterocycles. The van der Waals surface area contributed by atoms with Gasteiger partial charge in [-0.2, -0.15) is 0 Å². The standard InChI is InChI=1S/C13H23N3O3S2/c1-2-6-14-7-5-12-3-4-13(20-12)21(17,18)15-16-8-10-19-11-9-16/h3-4,14-15H,2,5-11H2,1H3. The van der Waals surface area contributed by atoms with Crippen molar-refractivity contribution in [3.05, 3.63) is 17.0 Å². The summed E-state index contributed by atoms with van der Waals surface area (Å²) in [5, 5.41) is 5.01. The summed E-state index contributed by atoms with van der Waals surface area (Å²) >= 11 is 1.34. The van der Waals surface area contributed by atoms with Crippen molar-refractivity contribution in [1.29, 1.82) is 0 Å². The third-order valence-corrected chi connectivity index (χ3v) is 6.15. The SMILES string of the molecule is CCCNCCc1ccc(S(=O)(=O)NN2CCOCC2)s1. The molecule has 1 aliphatic heterocycles. The first kappa shape index (κ1) is 16.9. The van der Waals surface area contributed by atoms with E-state index in [0.717, 1.165) is 30.8 Å². The molecule has 6 nitrogen and oxygen atoms in total. The minimum absolute atomic E-state index is 0.375. The number of nitrogens with one attached hydrogen (secondary N) is 2. The van der Waals surface area contributed by atoms with Gasteiger partial charge in [0.2, 0.25) is 0 Å². The van der Waals surface area contributed by atoms with Gasteiger partial charge in [0.1, 0.15) is 4.21 Å². The van der Waals surface area contributed by atoms with Gasteiger partial charge in [0.05, 0.1) is 13.2 Å². The van der Waals surface area contributed by atoms with E-state index in [1.165, 1.54) is 11.3 Å². The molecule has 1 aliphatic rings. The number of nitrogens with zero attached hydrogens (tertiary/aromatic N) is 1. The Labute approximate surface area is 130 Å². The molecule has 0 amide bonds. The molecule has 0 aliphatic carbocycles. The van der Waals surface area contributed by atoms with E-state index >= 15 is 0 Å². The van der Waals surface area contributed by atoms with Gasteiger partial charge in [0.15, 0.2) is 0 Å². The molecule has 1 saturated heterocycles. The van der Waals surface area contributed by atoms with Gasteiger partial charge in [-0.25, -0.2) is 13.4 Å². The van der Waals surface area contributed by atoms with Crippen LogP contribution in [0.3, 0.4) is 0 Å². The average Bonchev–Trinajstić information content (AvgIpc) is 2.94. The smallest absolute Gasteiger partial charge is 0.262 e. The Kier molecular flexibility index (Phi) is 6.59. The van der Waals surface area contributed by atoms with Crippen molar-refractivity contribution in [3.63, 3.8) is 0 Å². The highest BCUT2D eigenvalue weighted by atomic mass is 32.2. The van der Waals surface area contributed by atoms with Crippen LogP contribution in [-0.2, 0) is 21.2 Å². The molecule has 0 radical (unpaired) electrons. The fraction of sp³-hybridized carbons (Fsp3) is 0.692. The fourth-order valence-electron chi connectivity index (χ4n) is 2.02. The van der Waals surface area contributed by atoms with E-state index < -0.39 is 10.0 Å². The Bertz CT molecular complexity index is 525. The van der Waals surface area contributed by atoms with Gasteiger partial charge in [-0.3, -0.25) is 0 Å². The van der Waals surface area contributed by atoms with Gasteiger partial charge in [-0.05, 0) is 38.1 Å². The molecular formula is C13H23N3O3S2. The maximum absolute atomic E-state index is 12.3. The first-order chi connectivity index (χ1) is 10.1. The van der Waals surface area contributed by atoms with Crippen LogP contribution >= 0.6 is 11.3 Å². The van der Waals surface area contributed by atoms with Gasteiger partial charge >= 0.3 is 0 Å². The summed E-state index contributed by atoms with van der Waals surface area (Å²) in [5.41, 5.74) is 0.